The fourth-order valence-electron chi connectivity index (χ4n) is 5.27. The summed E-state index contributed by atoms with van der Waals surface area (Å²) in [5, 5.41) is 0. The molecule has 144 valence electrons. The molecule has 0 aromatic carbocycles. The molecule has 0 bridgehead atoms. The van der Waals surface area contributed by atoms with Gasteiger partial charge in [-0.05, 0) is 75.0 Å². The van der Waals surface area contributed by atoms with E-state index in [1.807, 2.05) is 5.57 Å². The average Bonchev–Trinajstić information content (AvgIpc) is 2.58. The van der Waals surface area contributed by atoms with Crippen LogP contribution in [0.15, 0.2) is 22.8 Å². The van der Waals surface area contributed by atoms with E-state index >= 15 is 0 Å². The molecule has 0 amide bonds. The summed E-state index contributed by atoms with van der Waals surface area (Å²) < 4.78 is 0. The molecule has 0 heterocycles. The Hall–Kier alpha value is -0.520. The van der Waals surface area contributed by atoms with Gasteiger partial charge in [0.25, 0.3) is 0 Å². The van der Waals surface area contributed by atoms with Crippen LogP contribution in [-0.2, 0) is 0 Å². The van der Waals surface area contributed by atoms with E-state index < -0.39 is 0 Å². The van der Waals surface area contributed by atoms with Gasteiger partial charge in [-0.2, -0.15) is 0 Å². The maximum atomic E-state index is 2.72. The third-order valence-corrected chi connectivity index (χ3v) is 7.11. The lowest BCUT2D eigenvalue weighted by Crippen LogP contribution is -2.25. The molecule has 0 spiro atoms. The first kappa shape index (κ1) is 20.8. The molecule has 2 aliphatic rings. The molecule has 0 saturated heterocycles. The molecule has 0 saturated carbocycles. The second-order valence-electron chi connectivity index (χ2n) is 9.61. The molecule has 0 radical (unpaired) electrons. The highest BCUT2D eigenvalue weighted by Gasteiger charge is 2.32. The number of hydrogen-bond acceptors (Lipinski definition) is 0. The standard InChI is InChI=1S/C25H44/c1-7-8-9-10-11-23-17-22(19(4)5)13-15-25(23)24-14-12-21(18(2)3)16-20(24)6/h17-19,21,23,25H,7-16H2,1-6H3. The predicted octanol–water partition coefficient (Wildman–Crippen LogP) is 8.34. The minimum atomic E-state index is 0.742. The number of unbranched alkanes of at least 4 members (excludes halogenated alkanes) is 3. The quantitative estimate of drug-likeness (QED) is 0.306. The summed E-state index contributed by atoms with van der Waals surface area (Å²) in [6.45, 7) is 14.4. The fourth-order valence-corrected chi connectivity index (χ4v) is 5.27. The first-order valence-corrected chi connectivity index (χ1v) is 11.3. The van der Waals surface area contributed by atoms with E-state index in [0.717, 1.165) is 29.6 Å². The van der Waals surface area contributed by atoms with Crippen molar-refractivity contribution in [3.05, 3.63) is 22.8 Å². The highest BCUT2D eigenvalue weighted by molar-refractivity contribution is 5.25. The van der Waals surface area contributed by atoms with Crippen molar-refractivity contribution in [2.24, 2.45) is 29.6 Å². The second kappa shape index (κ2) is 9.98. The van der Waals surface area contributed by atoms with Crippen molar-refractivity contribution >= 4 is 0 Å². The molecule has 2 aliphatic carbocycles. The Morgan fingerprint density at radius 1 is 1.00 bits per heavy atom. The van der Waals surface area contributed by atoms with Gasteiger partial charge in [0, 0.05) is 0 Å². The van der Waals surface area contributed by atoms with E-state index in [4.69, 9.17) is 0 Å². The second-order valence-corrected chi connectivity index (χ2v) is 9.61. The number of rotatable bonds is 8. The summed E-state index contributed by atoms with van der Waals surface area (Å²) in [6, 6.07) is 0. The fraction of sp³-hybridized carbons (Fsp3) is 0.840. The zero-order valence-electron chi connectivity index (χ0n) is 18.0. The van der Waals surface area contributed by atoms with Gasteiger partial charge in [-0.25, -0.2) is 0 Å². The van der Waals surface area contributed by atoms with E-state index in [9.17, 15) is 0 Å². The van der Waals surface area contributed by atoms with Gasteiger partial charge in [-0.15, -0.1) is 0 Å². The lowest BCUT2D eigenvalue weighted by Gasteiger charge is -2.38. The Bertz CT molecular complexity index is 462. The molecule has 0 heteroatoms. The van der Waals surface area contributed by atoms with Gasteiger partial charge < -0.3 is 0 Å². The van der Waals surface area contributed by atoms with Crippen LogP contribution in [0.1, 0.15) is 106 Å². The van der Waals surface area contributed by atoms with Gasteiger partial charge in [-0.3, -0.25) is 0 Å². The van der Waals surface area contributed by atoms with E-state index in [2.05, 4.69) is 47.6 Å². The smallest absolute Gasteiger partial charge is 0.0135 e. The maximum Gasteiger partial charge on any atom is -0.0135 e. The zero-order valence-corrected chi connectivity index (χ0v) is 18.0. The minimum Gasteiger partial charge on any atom is -0.0814 e. The lowest BCUT2D eigenvalue weighted by molar-refractivity contribution is 0.299. The summed E-state index contributed by atoms with van der Waals surface area (Å²) in [5.41, 5.74) is 5.37. The normalized spacial score (nSPS) is 28.0. The molecule has 0 N–H and O–H groups in total. The van der Waals surface area contributed by atoms with Crippen LogP contribution in [0.3, 0.4) is 0 Å². The van der Waals surface area contributed by atoms with Crippen molar-refractivity contribution in [3.8, 4) is 0 Å². The Morgan fingerprint density at radius 3 is 2.36 bits per heavy atom. The SMILES string of the molecule is CCCCCCC1C=C(C(C)C)CCC1C1=C(C)CC(C(C)C)CC1. The van der Waals surface area contributed by atoms with Crippen LogP contribution in [0.25, 0.3) is 0 Å². The first-order valence-electron chi connectivity index (χ1n) is 11.3. The number of allylic oxidation sites excluding steroid dienone is 4. The number of hydrogen-bond donors (Lipinski definition) is 0. The van der Waals surface area contributed by atoms with E-state index in [1.165, 1.54) is 64.2 Å². The molecule has 0 fully saturated rings. The molecule has 3 atom stereocenters. The van der Waals surface area contributed by atoms with Crippen LogP contribution in [0.4, 0.5) is 0 Å². The summed E-state index contributed by atoms with van der Waals surface area (Å²) >= 11 is 0. The summed E-state index contributed by atoms with van der Waals surface area (Å²) in [4.78, 5) is 0. The largest absolute Gasteiger partial charge is 0.0814 e. The van der Waals surface area contributed by atoms with Crippen molar-refractivity contribution in [2.75, 3.05) is 0 Å². The molecule has 0 nitrogen and oxygen atoms in total. The maximum absolute atomic E-state index is 2.72. The molecular weight excluding hydrogens is 300 g/mol. The van der Waals surface area contributed by atoms with Gasteiger partial charge in [-0.1, -0.05) is 83.1 Å². The van der Waals surface area contributed by atoms with Crippen molar-refractivity contribution in [3.63, 3.8) is 0 Å². The van der Waals surface area contributed by atoms with Crippen molar-refractivity contribution in [2.45, 2.75) is 106 Å². The lowest BCUT2D eigenvalue weighted by atomic mass is 9.67. The Labute approximate surface area is 158 Å². The van der Waals surface area contributed by atoms with Gasteiger partial charge in [0.15, 0.2) is 0 Å². The van der Waals surface area contributed by atoms with Gasteiger partial charge in [0.2, 0.25) is 0 Å². The van der Waals surface area contributed by atoms with Gasteiger partial charge >= 0.3 is 0 Å². The zero-order chi connectivity index (χ0) is 18.4. The topological polar surface area (TPSA) is 0 Å². The van der Waals surface area contributed by atoms with Crippen LogP contribution in [0, 0.1) is 29.6 Å². The third kappa shape index (κ3) is 5.73. The molecular formula is C25H44. The minimum absolute atomic E-state index is 0.742. The molecule has 2 rings (SSSR count). The average molecular weight is 345 g/mol. The molecule has 0 aliphatic heterocycles. The first-order chi connectivity index (χ1) is 11.9. The predicted molar refractivity (Wildman–Crippen MR) is 113 cm³/mol. The summed E-state index contributed by atoms with van der Waals surface area (Å²) in [5.74, 6) is 4.20. The Morgan fingerprint density at radius 2 is 1.76 bits per heavy atom. The van der Waals surface area contributed by atoms with Gasteiger partial charge in [0.1, 0.15) is 0 Å². The van der Waals surface area contributed by atoms with Crippen LogP contribution in [0.2, 0.25) is 0 Å². The van der Waals surface area contributed by atoms with Crippen LogP contribution >= 0.6 is 0 Å². The molecule has 25 heavy (non-hydrogen) atoms. The molecule has 0 aromatic heterocycles. The van der Waals surface area contributed by atoms with Crippen molar-refractivity contribution in [1.29, 1.82) is 0 Å². The van der Waals surface area contributed by atoms with E-state index in [1.54, 1.807) is 11.1 Å². The molecule has 0 aromatic rings. The highest BCUT2D eigenvalue weighted by atomic mass is 14.4. The summed E-state index contributed by atoms with van der Waals surface area (Å²) in [6.07, 6.45) is 16.7. The van der Waals surface area contributed by atoms with Crippen LogP contribution < -0.4 is 0 Å². The monoisotopic (exact) mass is 344 g/mol. The van der Waals surface area contributed by atoms with Crippen LogP contribution in [0.5, 0.6) is 0 Å². The highest BCUT2D eigenvalue weighted by Crippen LogP contribution is 2.45. The molecule has 3 unspecified atom stereocenters. The Balaban J connectivity index is 2.12. The van der Waals surface area contributed by atoms with Crippen LogP contribution in [-0.4, -0.2) is 0 Å². The Kier molecular flexibility index (Phi) is 8.30. The van der Waals surface area contributed by atoms with E-state index in [-0.39, 0.29) is 0 Å². The third-order valence-electron chi connectivity index (χ3n) is 7.11. The van der Waals surface area contributed by atoms with Gasteiger partial charge in [0.05, 0.1) is 0 Å². The van der Waals surface area contributed by atoms with Crippen molar-refractivity contribution < 1.29 is 0 Å². The van der Waals surface area contributed by atoms with Crippen molar-refractivity contribution in [1.82, 2.24) is 0 Å². The summed E-state index contributed by atoms with van der Waals surface area (Å²) in [7, 11) is 0. The van der Waals surface area contributed by atoms with E-state index in [0.29, 0.717) is 0 Å².